The van der Waals surface area contributed by atoms with E-state index in [2.05, 4.69) is 48.6 Å². The molecule has 5 rings (SSSR count). The van der Waals surface area contributed by atoms with Gasteiger partial charge in [-0.25, -0.2) is 4.68 Å². The van der Waals surface area contributed by atoms with Gasteiger partial charge < -0.3 is 5.32 Å². The summed E-state index contributed by atoms with van der Waals surface area (Å²) < 4.78 is 1.91. The van der Waals surface area contributed by atoms with Crippen LogP contribution in [0.25, 0.3) is 0 Å². The summed E-state index contributed by atoms with van der Waals surface area (Å²) in [6.45, 7) is 2.08. The molecule has 1 aliphatic heterocycles. The van der Waals surface area contributed by atoms with Crippen molar-refractivity contribution in [2.24, 2.45) is 5.92 Å². The number of allylic oxidation sites excluding steroid dienone is 2. The van der Waals surface area contributed by atoms with Gasteiger partial charge in [0.25, 0.3) is 0 Å². The normalized spacial score (nSPS) is 20.4. The van der Waals surface area contributed by atoms with E-state index in [0.717, 1.165) is 28.6 Å². The molecule has 2 aliphatic rings. The standard InChI is InChI=1S/C23H22N4OS/c1-15-7-5-10-17(13-15)21-20-18(11-6-12-19(20)28)24-22-25-23(26-27(21)22)29-14-16-8-3-2-4-9-16/h2-5,7-11,13,20-21H,6,12,14H2,1H3,(H,24,25,26)/t20-,21-/m0/s1. The minimum atomic E-state index is -0.230. The monoisotopic (exact) mass is 402 g/mol. The zero-order chi connectivity index (χ0) is 19.8. The van der Waals surface area contributed by atoms with Crippen LogP contribution in [-0.4, -0.2) is 20.5 Å². The molecule has 6 heteroatoms. The minimum absolute atomic E-state index is 0.163. The number of aromatic nitrogens is 3. The van der Waals surface area contributed by atoms with Gasteiger partial charge in [-0.3, -0.25) is 4.79 Å². The molecule has 0 spiro atoms. The van der Waals surface area contributed by atoms with Crippen LogP contribution in [0.2, 0.25) is 0 Å². The highest BCUT2D eigenvalue weighted by atomic mass is 32.2. The van der Waals surface area contributed by atoms with Crippen molar-refractivity contribution < 1.29 is 4.79 Å². The number of thioether (sulfide) groups is 1. The Morgan fingerprint density at radius 3 is 2.86 bits per heavy atom. The highest BCUT2D eigenvalue weighted by Crippen LogP contribution is 2.42. The molecule has 29 heavy (non-hydrogen) atoms. The van der Waals surface area contributed by atoms with E-state index in [-0.39, 0.29) is 17.7 Å². The zero-order valence-corrected chi connectivity index (χ0v) is 17.0. The minimum Gasteiger partial charge on any atom is -0.328 e. The number of hydrogen-bond donors (Lipinski definition) is 1. The first-order valence-corrected chi connectivity index (χ1v) is 10.9. The van der Waals surface area contributed by atoms with Crippen LogP contribution in [0.5, 0.6) is 0 Å². The number of rotatable bonds is 4. The van der Waals surface area contributed by atoms with Gasteiger partial charge in [-0.15, -0.1) is 5.10 Å². The van der Waals surface area contributed by atoms with Gasteiger partial charge in [-0.2, -0.15) is 4.98 Å². The molecule has 1 aromatic heterocycles. The highest BCUT2D eigenvalue weighted by Gasteiger charge is 2.41. The van der Waals surface area contributed by atoms with Crippen LogP contribution >= 0.6 is 11.8 Å². The quantitative estimate of drug-likeness (QED) is 0.638. The first-order valence-electron chi connectivity index (χ1n) is 9.88. The number of benzene rings is 2. The smallest absolute Gasteiger partial charge is 0.227 e. The van der Waals surface area contributed by atoms with E-state index >= 15 is 0 Å². The molecule has 1 aliphatic carbocycles. The first kappa shape index (κ1) is 18.2. The summed E-state index contributed by atoms with van der Waals surface area (Å²) in [5, 5.41) is 8.91. The fraction of sp³-hybridized carbons (Fsp3) is 0.261. The van der Waals surface area contributed by atoms with Crippen LogP contribution in [-0.2, 0) is 10.5 Å². The Kier molecular flexibility index (Phi) is 4.72. The van der Waals surface area contributed by atoms with Crippen LogP contribution in [0, 0.1) is 12.8 Å². The Morgan fingerprint density at radius 2 is 2.03 bits per heavy atom. The Hall–Kier alpha value is -2.86. The highest BCUT2D eigenvalue weighted by molar-refractivity contribution is 7.98. The summed E-state index contributed by atoms with van der Waals surface area (Å²) in [5.74, 6) is 1.56. The maximum absolute atomic E-state index is 12.9. The number of nitrogens with zero attached hydrogens (tertiary/aromatic N) is 3. The van der Waals surface area contributed by atoms with Gasteiger partial charge in [0, 0.05) is 17.9 Å². The predicted octanol–water partition coefficient (Wildman–Crippen LogP) is 4.76. The van der Waals surface area contributed by atoms with Crippen LogP contribution in [0.15, 0.2) is 71.5 Å². The number of ketones is 1. The summed E-state index contributed by atoms with van der Waals surface area (Å²) >= 11 is 1.61. The molecule has 1 N–H and O–H groups in total. The lowest BCUT2D eigenvalue weighted by atomic mass is 9.80. The third-order valence-corrected chi connectivity index (χ3v) is 6.39. The molecule has 5 nitrogen and oxygen atoms in total. The van der Waals surface area contributed by atoms with Gasteiger partial charge in [0.2, 0.25) is 11.1 Å². The van der Waals surface area contributed by atoms with Crippen molar-refractivity contribution in [3.05, 3.63) is 83.1 Å². The average molecular weight is 403 g/mol. The number of aryl methyl sites for hydroxylation is 1. The topological polar surface area (TPSA) is 59.8 Å². The molecule has 0 amide bonds. The predicted molar refractivity (Wildman–Crippen MR) is 115 cm³/mol. The van der Waals surface area contributed by atoms with E-state index in [1.165, 1.54) is 11.1 Å². The van der Waals surface area contributed by atoms with E-state index in [9.17, 15) is 4.79 Å². The van der Waals surface area contributed by atoms with Crippen LogP contribution < -0.4 is 5.32 Å². The number of carbonyl (C=O) groups is 1. The van der Waals surface area contributed by atoms with Crippen molar-refractivity contribution in [2.45, 2.75) is 36.7 Å². The molecule has 3 aromatic rings. The molecule has 0 radical (unpaired) electrons. The third kappa shape index (κ3) is 3.49. The number of anilines is 1. The summed E-state index contributed by atoms with van der Waals surface area (Å²) in [4.78, 5) is 17.6. The number of carbonyl (C=O) groups excluding carboxylic acids is 1. The third-order valence-electron chi connectivity index (χ3n) is 5.48. The van der Waals surface area contributed by atoms with E-state index in [0.29, 0.717) is 12.4 Å². The van der Waals surface area contributed by atoms with Gasteiger partial charge in [0.15, 0.2) is 0 Å². The molecule has 0 bridgehead atoms. The van der Waals surface area contributed by atoms with Crippen LogP contribution in [0.4, 0.5) is 5.95 Å². The lowest BCUT2D eigenvalue weighted by Gasteiger charge is -2.36. The maximum atomic E-state index is 12.9. The molecule has 0 saturated heterocycles. The molecule has 0 unspecified atom stereocenters. The summed E-state index contributed by atoms with van der Waals surface area (Å²) in [7, 11) is 0. The number of nitrogens with one attached hydrogen (secondary N) is 1. The van der Waals surface area contributed by atoms with Crippen LogP contribution in [0.3, 0.4) is 0 Å². The van der Waals surface area contributed by atoms with E-state index in [1.807, 2.05) is 28.9 Å². The Morgan fingerprint density at radius 1 is 1.17 bits per heavy atom. The van der Waals surface area contributed by atoms with Gasteiger partial charge in [-0.1, -0.05) is 78.0 Å². The summed E-state index contributed by atoms with van der Waals surface area (Å²) in [6, 6.07) is 18.5. The SMILES string of the molecule is Cc1cccc([C@H]2[C@@H]3C(=O)CCC=C3Nc3nc(SCc4ccccc4)nn32)c1. The fourth-order valence-corrected chi connectivity index (χ4v) is 4.91. The van der Waals surface area contributed by atoms with Gasteiger partial charge in [0.05, 0.1) is 12.0 Å². The van der Waals surface area contributed by atoms with Crippen molar-refractivity contribution in [3.8, 4) is 0 Å². The first-order chi connectivity index (χ1) is 14.2. The molecule has 146 valence electrons. The Balaban J connectivity index is 1.53. The number of hydrogen-bond acceptors (Lipinski definition) is 5. The number of Topliss-reactive ketones (excluding diaryl/α,β-unsaturated/α-hetero) is 1. The lowest BCUT2D eigenvalue weighted by molar-refractivity contribution is -0.123. The van der Waals surface area contributed by atoms with Crippen molar-refractivity contribution >= 4 is 23.5 Å². The van der Waals surface area contributed by atoms with Crippen molar-refractivity contribution in [1.29, 1.82) is 0 Å². The van der Waals surface area contributed by atoms with E-state index in [1.54, 1.807) is 11.8 Å². The lowest BCUT2D eigenvalue weighted by Crippen LogP contribution is -2.38. The second kappa shape index (κ2) is 7.52. The van der Waals surface area contributed by atoms with Crippen molar-refractivity contribution in [2.75, 3.05) is 5.32 Å². The zero-order valence-electron chi connectivity index (χ0n) is 16.2. The molecule has 0 saturated carbocycles. The van der Waals surface area contributed by atoms with Gasteiger partial charge >= 0.3 is 0 Å². The fourth-order valence-electron chi connectivity index (χ4n) is 4.12. The van der Waals surface area contributed by atoms with E-state index in [4.69, 9.17) is 10.1 Å². The second-order valence-corrected chi connectivity index (χ2v) is 8.51. The largest absolute Gasteiger partial charge is 0.328 e. The Labute approximate surface area is 174 Å². The number of fused-ring (bicyclic) bond motifs is 2. The van der Waals surface area contributed by atoms with Gasteiger partial charge in [-0.05, 0) is 24.5 Å². The average Bonchev–Trinajstić information content (AvgIpc) is 3.14. The molecule has 0 fully saturated rings. The van der Waals surface area contributed by atoms with E-state index < -0.39 is 0 Å². The molecule has 2 atom stereocenters. The Bertz CT molecular complexity index is 1090. The molecular weight excluding hydrogens is 380 g/mol. The summed E-state index contributed by atoms with van der Waals surface area (Å²) in [5.41, 5.74) is 4.48. The van der Waals surface area contributed by atoms with Gasteiger partial charge in [0.1, 0.15) is 5.78 Å². The molecule has 2 aromatic carbocycles. The second-order valence-electron chi connectivity index (χ2n) is 7.56. The summed E-state index contributed by atoms with van der Waals surface area (Å²) in [6.07, 6.45) is 3.50. The molecular formula is C23H22N4OS. The van der Waals surface area contributed by atoms with Crippen molar-refractivity contribution in [3.63, 3.8) is 0 Å². The van der Waals surface area contributed by atoms with Crippen molar-refractivity contribution in [1.82, 2.24) is 14.8 Å². The maximum Gasteiger partial charge on any atom is 0.227 e. The molecule has 2 heterocycles. The van der Waals surface area contributed by atoms with Crippen LogP contribution in [0.1, 0.15) is 35.6 Å².